The Morgan fingerprint density at radius 1 is 1.17 bits per heavy atom. The van der Waals surface area contributed by atoms with E-state index in [1.54, 1.807) is 0 Å². The van der Waals surface area contributed by atoms with E-state index in [0.29, 0.717) is 18.2 Å². The smallest absolute Gasteiger partial charge is 0.0724 e. The fraction of sp³-hybridized carbons (Fsp3) is 0.625. The van der Waals surface area contributed by atoms with E-state index in [-0.39, 0.29) is 0 Å². The molecule has 3 atom stereocenters. The van der Waals surface area contributed by atoms with Crippen LogP contribution in [0.25, 0.3) is 0 Å². The first-order chi connectivity index (χ1) is 8.70. The van der Waals surface area contributed by atoms with Crippen molar-refractivity contribution in [1.29, 1.82) is 0 Å². The minimum absolute atomic E-state index is 0.381. The van der Waals surface area contributed by atoms with E-state index < -0.39 is 0 Å². The largest absolute Gasteiger partial charge is 0.380 e. The van der Waals surface area contributed by atoms with Crippen molar-refractivity contribution >= 4 is 0 Å². The van der Waals surface area contributed by atoms with Crippen LogP contribution >= 0.6 is 0 Å². The minimum atomic E-state index is 0.381. The monoisotopic (exact) mass is 247 g/mol. The number of methoxy groups -OCH3 is 1. The quantitative estimate of drug-likeness (QED) is 0.877. The van der Waals surface area contributed by atoms with Gasteiger partial charge >= 0.3 is 0 Å². The van der Waals surface area contributed by atoms with Crippen molar-refractivity contribution in [1.82, 2.24) is 5.32 Å². The van der Waals surface area contributed by atoms with Crippen LogP contribution in [0, 0.1) is 6.92 Å². The maximum atomic E-state index is 5.60. The summed E-state index contributed by atoms with van der Waals surface area (Å²) in [5.41, 5.74) is 2.68. The Balaban J connectivity index is 1.97. The molecule has 1 fully saturated rings. The van der Waals surface area contributed by atoms with Gasteiger partial charge < -0.3 is 10.1 Å². The maximum Gasteiger partial charge on any atom is 0.0724 e. The molecule has 1 aliphatic carbocycles. The van der Waals surface area contributed by atoms with Crippen LogP contribution in [0.5, 0.6) is 0 Å². The molecule has 0 radical (unpaired) electrons. The molecule has 0 heterocycles. The molecule has 1 aromatic carbocycles. The zero-order valence-electron chi connectivity index (χ0n) is 11.8. The third kappa shape index (κ3) is 3.33. The summed E-state index contributed by atoms with van der Waals surface area (Å²) in [6.45, 7) is 4.37. The van der Waals surface area contributed by atoms with E-state index in [9.17, 15) is 0 Å². The van der Waals surface area contributed by atoms with Gasteiger partial charge in [-0.25, -0.2) is 0 Å². The van der Waals surface area contributed by atoms with Gasteiger partial charge in [0.05, 0.1) is 6.10 Å². The van der Waals surface area contributed by atoms with Gasteiger partial charge in [0, 0.05) is 19.2 Å². The molecular weight excluding hydrogens is 222 g/mol. The predicted molar refractivity (Wildman–Crippen MR) is 75.8 cm³/mol. The van der Waals surface area contributed by atoms with Crippen LogP contribution in [0.3, 0.4) is 0 Å². The standard InChI is InChI=1S/C16H25NO/c1-12-8-10-14(11-9-12)13(2)17-15-6-4-5-7-16(15)18-3/h8-11,13,15-17H,4-7H2,1-3H3/t13-,15?,16?/m0/s1. The molecule has 18 heavy (non-hydrogen) atoms. The third-order valence-electron chi connectivity index (χ3n) is 4.05. The van der Waals surface area contributed by atoms with Crippen molar-refractivity contribution in [2.75, 3.05) is 7.11 Å². The number of hydrogen-bond donors (Lipinski definition) is 1. The number of hydrogen-bond acceptors (Lipinski definition) is 2. The van der Waals surface area contributed by atoms with Gasteiger partial charge in [-0.1, -0.05) is 42.7 Å². The maximum absolute atomic E-state index is 5.60. The van der Waals surface area contributed by atoms with Gasteiger partial charge in [-0.2, -0.15) is 0 Å². The van der Waals surface area contributed by atoms with Gasteiger partial charge in [-0.05, 0) is 32.3 Å². The molecule has 2 heteroatoms. The molecule has 100 valence electrons. The molecule has 0 aromatic heterocycles. The Hall–Kier alpha value is -0.860. The van der Waals surface area contributed by atoms with Crippen LogP contribution in [-0.2, 0) is 4.74 Å². The van der Waals surface area contributed by atoms with Crippen LogP contribution in [0.4, 0.5) is 0 Å². The highest BCUT2D eigenvalue weighted by Crippen LogP contribution is 2.23. The second-order valence-corrected chi connectivity index (χ2v) is 5.46. The summed E-state index contributed by atoms with van der Waals surface area (Å²) < 4.78 is 5.60. The van der Waals surface area contributed by atoms with Gasteiger partial charge in [0.1, 0.15) is 0 Å². The average Bonchev–Trinajstić information content (AvgIpc) is 2.40. The SMILES string of the molecule is COC1CCCCC1N[C@@H](C)c1ccc(C)cc1. The molecule has 1 aliphatic rings. The number of ether oxygens (including phenoxy) is 1. The predicted octanol–water partition coefficient (Wildman–Crippen LogP) is 3.60. The van der Waals surface area contributed by atoms with E-state index in [1.807, 2.05) is 7.11 Å². The lowest BCUT2D eigenvalue weighted by molar-refractivity contribution is 0.0384. The summed E-state index contributed by atoms with van der Waals surface area (Å²) in [6.07, 6.45) is 5.42. The summed E-state index contributed by atoms with van der Waals surface area (Å²) in [6, 6.07) is 9.70. The number of benzene rings is 1. The van der Waals surface area contributed by atoms with E-state index >= 15 is 0 Å². The highest BCUT2D eigenvalue weighted by Gasteiger charge is 2.25. The zero-order valence-corrected chi connectivity index (χ0v) is 11.8. The molecule has 0 aliphatic heterocycles. The van der Waals surface area contributed by atoms with Crippen molar-refractivity contribution in [2.45, 2.75) is 57.7 Å². The fourth-order valence-electron chi connectivity index (χ4n) is 2.84. The molecule has 0 spiro atoms. The number of rotatable bonds is 4. The lowest BCUT2D eigenvalue weighted by atomic mass is 9.91. The van der Waals surface area contributed by atoms with Crippen molar-refractivity contribution in [3.63, 3.8) is 0 Å². The van der Waals surface area contributed by atoms with Crippen molar-refractivity contribution in [3.05, 3.63) is 35.4 Å². The highest BCUT2D eigenvalue weighted by molar-refractivity contribution is 5.23. The molecule has 2 unspecified atom stereocenters. The molecule has 0 bridgehead atoms. The second-order valence-electron chi connectivity index (χ2n) is 5.46. The Morgan fingerprint density at radius 2 is 1.83 bits per heavy atom. The van der Waals surface area contributed by atoms with Crippen LogP contribution in [0.1, 0.15) is 49.8 Å². The Morgan fingerprint density at radius 3 is 2.50 bits per heavy atom. The van der Waals surface area contributed by atoms with E-state index in [4.69, 9.17) is 4.74 Å². The fourth-order valence-corrected chi connectivity index (χ4v) is 2.84. The molecule has 1 saturated carbocycles. The van der Waals surface area contributed by atoms with Crippen LogP contribution in [0.15, 0.2) is 24.3 Å². The summed E-state index contributed by atoms with van der Waals surface area (Å²) in [7, 11) is 1.83. The Kier molecular flexibility index (Phi) is 4.79. The summed E-state index contributed by atoms with van der Waals surface area (Å²) >= 11 is 0. The first kappa shape index (κ1) is 13.6. The lowest BCUT2D eigenvalue weighted by Gasteiger charge is -2.33. The van der Waals surface area contributed by atoms with Crippen LogP contribution in [0.2, 0.25) is 0 Å². The molecule has 2 nitrogen and oxygen atoms in total. The van der Waals surface area contributed by atoms with E-state index in [1.165, 1.54) is 36.8 Å². The third-order valence-corrected chi connectivity index (χ3v) is 4.05. The first-order valence-electron chi connectivity index (χ1n) is 7.06. The molecular formula is C16H25NO. The molecule has 1 N–H and O–H groups in total. The average molecular weight is 247 g/mol. The number of aryl methyl sites for hydroxylation is 1. The van der Waals surface area contributed by atoms with Gasteiger partial charge in [-0.15, -0.1) is 0 Å². The van der Waals surface area contributed by atoms with Gasteiger partial charge in [0.2, 0.25) is 0 Å². The summed E-state index contributed by atoms with van der Waals surface area (Å²) in [4.78, 5) is 0. The first-order valence-corrected chi connectivity index (χ1v) is 7.06. The van der Waals surface area contributed by atoms with Crippen LogP contribution in [-0.4, -0.2) is 19.3 Å². The summed E-state index contributed by atoms with van der Waals surface area (Å²) in [5, 5.41) is 3.73. The van der Waals surface area contributed by atoms with Crippen LogP contribution < -0.4 is 5.32 Å². The Bertz CT molecular complexity index is 360. The number of nitrogens with one attached hydrogen (secondary N) is 1. The topological polar surface area (TPSA) is 21.3 Å². The summed E-state index contributed by atoms with van der Waals surface area (Å²) in [5.74, 6) is 0. The molecule has 1 aromatic rings. The van der Waals surface area contributed by atoms with Gasteiger partial charge in [0.15, 0.2) is 0 Å². The normalized spacial score (nSPS) is 25.9. The molecule has 0 amide bonds. The van der Waals surface area contributed by atoms with E-state index in [2.05, 4.69) is 43.4 Å². The highest BCUT2D eigenvalue weighted by atomic mass is 16.5. The molecule has 2 rings (SSSR count). The zero-order chi connectivity index (χ0) is 13.0. The van der Waals surface area contributed by atoms with Gasteiger partial charge in [0.25, 0.3) is 0 Å². The Labute approximate surface area is 111 Å². The second kappa shape index (κ2) is 6.35. The lowest BCUT2D eigenvalue weighted by Crippen LogP contribution is -2.44. The minimum Gasteiger partial charge on any atom is -0.380 e. The van der Waals surface area contributed by atoms with Crippen molar-refractivity contribution < 1.29 is 4.74 Å². The van der Waals surface area contributed by atoms with Gasteiger partial charge in [-0.3, -0.25) is 0 Å². The molecule has 0 saturated heterocycles. The van der Waals surface area contributed by atoms with E-state index in [0.717, 1.165) is 0 Å². The van der Waals surface area contributed by atoms with Crippen molar-refractivity contribution in [2.24, 2.45) is 0 Å². The van der Waals surface area contributed by atoms with Crippen molar-refractivity contribution in [3.8, 4) is 0 Å².